The second-order valence-corrected chi connectivity index (χ2v) is 7.19. The maximum absolute atomic E-state index is 4.33. The van der Waals surface area contributed by atoms with Gasteiger partial charge in [0.2, 0.25) is 0 Å². The van der Waals surface area contributed by atoms with Crippen LogP contribution in [0.3, 0.4) is 0 Å². The third kappa shape index (κ3) is 5.61. The number of hydrogen-bond acceptors (Lipinski definition) is 3. The molecule has 126 valence electrons. The fraction of sp³-hybridized carbons (Fsp3) is 0.706. The highest BCUT2D eigenvalue weighted by Crippen LogP contribution is 2.26. The summed E-state index contributed by atoms with van der Waals surface area (Å²) in [7, 11) is 1.83. The van der Waals surface area contributed by atoms with Crippen LogP contribution in [-0.4, -0.2) is 50.1 Å². The lowest BCUT2D eigenvalue weighted by molar-refractivity contribution is 0.231. The highest BCUT2D eigenvalue weighted by Gasteiger charge is 2.22. The minimum absolute atomic E-state index is 0.107. The van der Waals surface area contributed by atoms with E-state index in [9.17, 15) is 0 Å². The topological polar surface area (TPSA) is 39.7 Å². The Bertz CT molecular complexity index is 436. The first-order valence-corrected chi connectivity index (χ1v) is 9.05. The summed E-state index contributed by atoms with van der Waals surface area (Å²) >= 11 is 1.81. The second kappa shape index (κ2) is 9.16. The number of nitrogens with one attached hydrogen (secondary N) is 2. The van der Waals surface area contributed by atoms with Crippen LogP contribution in [-0.2, 0) is 5.41 Å². The molecule has 0 aliphatic heterocycles. The van der Waals surface area contributed by atoms with Crippen molar-refractivity contribution in [1.82, 2.24) is 15.5 Å². The smallest absolute Gasteiger partial charge is 0.191 e. The van der Waals surface area contributed by atoms with E-state index in [1.165, 1.54) is 4.88 Å². The van der Waals surface area contributed by atoms with Gasteiger partial charge in [-0.05, 0) is 31.5 Å². The zero-order valence-electron chi connectivity index (χ0n) is 14.9. The first-order valence-electron chi connectivity index (χ1n) is 8.17. The van der Waals surface area contributed by atoms with Gasteiger partial charge in [-0.25, -0.2) is 0 Å². The Hall–Kier alpha value is -1.07. The number of rotatable bonds is 8. The summed E-state index contributed by atoms with van der Waals surface area (Å²) in [6.07, 6.45) is 0. The third-order valence-corrected chi connectivity index (χ3v) is 5.35. The number of aliphatic imine (C=N–C) groups is 1. The monoisotopic (exact) mass is 324 g/mol. The van der Waals surface area contributed by atoms with Crippen molar-refractivity contribution in [1.29, 1.82) is 0 Å². The van der Waals surface area contributed by atoms with Gasteiger partial charge in [0.1, 0.15) is 0 Å². The maximum Gasteiger partial charge on any atom is 0.191 e. The van der Waals surface area contributed by atoms with Gasteiger partial charge in [0.25, 0.3) is 0 Å². The van der Waals surface area contributed by atoms with Crippen molar-refractivity contribution in [2.24, 2.45) is 4.99 Å². The van der Waals surface area contributed by atoms with Crippen LogP contribution < -0.4 is 10.6 Å². The third-order valence-electron chi connectivity index (χ3n) is 4.11. The van der Waals surface area contributed by atoms with E-state index >= 15 is 0 Å². The van der Waals surface area contributed by atoms with Crippen LogP contribution >= 0.6 is 11.3 Å². The van der Waals surface area contributed by atoms with E-state index in [1.807, 2.05) is 18.4 Å². The van der Waals surface area contributed by atoms with Crippen LogP contribution in [0.25, 0.3) is 0 Å². The van der Waals surface area contributed by atoms with Gasteiger partial charge in [0.05, 0.1) is 0 Å². The Labute approximate surface area is 140 Å². The van der Waals surface area contributed by atoms with Crippen molar-refractivity contribution in [3.8, 4) is 0 Å². The van der Waals surface area contributed by atoms with E-state index in [4.69, 9.17) is 0 Å². The Morgan fingerprint density at radius 3 is 2.50 bits per heavy atom. The second-order valence-electron chi connectivity index (χ2n) is 6.24. The van der Waals surface area contributed by atoms with Crippen molar-refractivity contribution in [3.63, 3.8) is 0 Å². The van der Waals surface area contributed by atoms with Crippen LogP contribution in [0.5, 0.6) is 0 Å². The summed E-state index contributed by atoms with van der Waals surface area (Å²) in [6, 6.07) is 4.81. The molecule has 0 aromatic carbocycles. The minimum Gasteiger partial charge on any atom is -0.356 e. The fourth-order valence-corrected chi connectivity index (χ4v) is 3.35. The maximum atomic E-state index is 4.33. The molecule has 0 radical (unpaired) electrons. The van der Waals surface area contributed by atoms with Crippen molar-refractivity contribution < 1.29 is 0 Å². The van der Waals surface area contributed by atoms with Gasteiger partial charge in [-0.2, -0.15) is 0 Å². The van der Waals surface area contributed by atoms with Crippen molar-refractivity contribution in [2.45, 2.75) is 46.1 Å². The largest absolute Gasteiger partial charge is 0.356 e. The van der Waals surface area contributed by atoms with Gasteiger partial charge in [0, 0.05) is 36.5 Å². The van der Waals surface area contributed by atoms with E-state index in [2.05, 4.69) is 72.7 Å². The molecule has 0 amide bonds. The lowest BCUT2D eigenvalue weighted by Gasteiger charge is -2.28. The molecule has 1 heterocycles. The zero-order chi connectivity index (χ0) is 16.6. The van der Waals surface area contributed by atoms with Gasteiger partial charge in [-0.3, -0.25) is 9.89 Å². The predicted octanol–water partition coefficient (Wildman–Crippen LogP) is 2.92. The quantitative estimate of drug-likeness (QED) is 0.570. The molecular formula is C17H32N4S. The number of thiophene rings is 1. The average molecular weight is 325 g/mol. The molecule has 0 aliphatic rings. The minimum atomic E-state index is 0.107. The molecule has 0 saturated carbocycles. The number of guanidine groups is 1. The van der Waals surface area contributed by atoms with Gasteiger partial charge >= 0.3 is 0 Å². The van der Waals surface area contributed by atoms with Crippen LogP contribution in [0.2, 0.25) is 0 Å². The molecule has 0 saturated heterocycles. The van der Waals surface area contributed by atoms with Crippen LogP contribution in [0, 0.1) is 0 Å². The van der Waals surface area contributed by atoms with E-state index in [-0.39, 0.29) is 5.41 Å². The van der Waals surface area contributed by atoms with Crippen molar-refractivity contribution in [3.05, 3.63) is 22.4 Å². The molecule has 5 heteroatoms. The van der Waals surface area contributed by atoms with Crippen LogP contribution in [0.15, 0.2) is 22.5 Å². The molecule has 2 N–H and O–H groups in total. The summed E-state index contributed by atoms with van der Waals surface area (Å²) in [4.78, 5) is 8.17. The molecule has 1 rings (SSSR count). The average Bonchev–Trinajstić information content (AvgIpc) is 3.03. The van der Waals surface area contributed by atoms with Gasteiger partial charge in [-0.15, -0.1) is 11.3 Å². The molecule has 0 aliphatic carbocycles. The Kier molecular flexibility index (Phi) is 7.90. The highest BCUT2D eigenvalue weighted by atomic mass is 32.1. The molecular weight excluding hydrogens is 292 g/mol. The number of likely N-dealkylation sites (N-methyl/N-ethyl adjacent to an activating group) is 1. The van der Waals surface area contributed by atoms with E-state index in [0.29, 0.717) is 6.04 Å². The summed E-state index contributed by atoms with van der Waals surface area (Å²) in [6.45, 7) is 15.1. The molecule has 0 spiro atoms. The highest BCUT2D eigenvalue weighted by molar-refractivity contribution is 7.10. The lowest BCUT2D eigenvalue weighted by atomic mass is 9.91. The Balaban J connectivity index is 2.46. The molecule has 1 atom stereocenters. The van der Waals surface area contributed by atoms with E-state index < -0.39 is 0 Å². The Morgan fingerprint density at radius 2 is 2.00 bits per heavy atom. The van der Waals surface area contributed by atoms with Gasteiger partial charge in [0.15, 0.2) is 5.96 Å². The zero-order valence-corrected chi connectivity index (χ0v) is 15.8. The molecule has 0 bridgehead atoms. The summed E-state index contributed by atoms with van der Waals surface area (Å²) in [5, 5.41) is 9.03. The van der Waals surface area contributed by atoms with Gasteiger partial charge in [-0.1, -0.05) is 33.8 Å². The Morgan fingerprint density at radius 1 is 1.32 bits per heavy atom. The molecule has 4 nitrogen and oxygen atoms in total. The van der Waals surface area contributed by atoms with Crippen LogP contribution in [0.4, 0.5) is 0 Å². The molecule has 1 aromatic rings. The summed E-state index contributed by atoms with van der Waals surface area (Å²) in [5.41, 5.74) is 0.107. The summed E-state index contributed by atoms with van der Waals surface area (Å²) < 4.78 is 0. The predicted molar refractivity (Wildman–Crippen MR) is 99.1 cm³/mol. The molecule has 22 heavy (non-hydrogen) atoms. The van der Waals surface area contributed by atoms with Crippen molar-refractivity contribution in [2.75, 3.05) is 33.2 Å². The fourth-order valence-electron chi connectivity index (χ4n) is 2.50. The number of hydrogen-bond donors (Lipinski definition) is 2. The molecule has 0 fully saturated rings. The van der Waals surface area contributed by atoms with Crippen molar-refractivity contribution >= 4 is 17.3 Å². The van der Waals surface area contributed by atoms with Crippen LogP contribution in [0.1, 0.15) is 39.5 Å². The van der Waals surface area contributed by atoms with Gasteiger partial charge < -0.3 is 10.6 Å². The molecule has 1 aromatic heterocycles. The summed E-state index contributed by atoms with van der Waals surface area (Å²) in [5.74, 6) is 0.878. The standard InChI is InChI=1S/C17H32N4S/c1-7-21(8-2)14(3)12-19-16(18-6)20-13-17(4,5)15-10-9-11-22-15/h9-11,14H,7-8,12-13H2,1-6H3,(H2,18,19,20). The normalized spacial score (nSPS) is 14.2. The first-order chi connectivity index (χ1) is 10.4. The first kappa shape index (κ1) is 19.0. The lowest BCUT2D eigenvalue weighted by Crippen LogP contribution is -2.48. The SMILES string of the molecule is CCN(CC)C(C)CNC(=NC)NCC(C)(C)c1cccs1. The van der Waals surface area contributed by atoms with E-state index in [0.717, 1.165) is 32.1 Å². The van der Waals surface area contributed by atoms with E-state index in [1.54, 1.807) is 0 Å². The number of nitrogens with zero attached hydrogens (tertiary/aromatic N) is 2. The molecule has 1 unspecified atom stereocenters.